The van der Waals surface area contributed by atoms with Crippen LogP contribution in [0.25, 0.3) is 11.0 Å². The van der Waals surface area contributed by atoms with Gasteiger partial charge in [-0.1, -0.05) is 78.9 Å². The van der Waals surface area contributed by atoms with Crippen molar-refractivity contribution in [2.24, 2.45) is 0 Å². The van der Waals surface area contributed by atoms with E-state index in [-0.39, 0.29) is 23.9 Å². The molecule has 0 aliphatic carbocycles. The van der Waals surface area contributed by atoms with Gasteiger partial charge in [0, 0.05) is 24.2 Å². The summed E-state index contributed by atoms with van der Waals surface area (Å²) in [7, 11) is 1.28. The fourth-order valence-corrected chi connectivity index (χ4v) is 6.28. The molecule has 242 valence electrons. The standard InChI is InChI=1S/C36H35BrFN5O4/c1-46-36(45)43-33(32(23-11-4-2-5-12-23)24-13-6-3-7-14-24)35(44)42-28-15-9-8-10-22(28)16-17-25-20-39-31(21-47-25)34-40-29-18-26(37)27(38)19-30(29)41-34/h2-15,18-19,25,31-33,39H,16-17,20-21H2,1H3,(H,40,41)(H,42,44)(H,43,45)/t25-,31+,33?/m1/s1. The van der Waals surface area contributed by atoms with Crippen molar-refractivity contribution < 1.29 is 23.5 Å². The van der Waals surface area contributed by atoms with Gasteiger partial charge in [-0.05, 0) is 57.6 Å². The molecule has 1 unspecified atom stereocenters. The van der Waals surface area contributed by atoms with E-state index in [4.69, 9.17) is 9.47 Å². The Morgan fingerprint density at radius 2 is 1.70 bits per heavy atom. The van der Waals surface area contributed by atoms with Crippen LogP contribution in [0.2, 0.25) is 0 Å². The molecule has 4 N–H and O–H groups in total. The van der Waals surface area contributed by atoms with E-state index < -0.39 is 18.1 Å². The van der Waals surface area contributed by atoms with Crippen molar-refractivity contribution in [3.63, 3.8) is 0 Å². The highest BCUT2D eigenvalue weighted by atomic mass is 79.9. The van der Waals surface area contributed by atoms with Crippen molar-refractivity contribution in [1.82, 2.24) is 20.6 Å². The number of imidazole rings is 1. The maximum absolute atomic E-state index is 14.0. The van der Waals surface area contributed by atoms with Crippen LogP contribution in [0.3, 0.4) is 0 Å². The summed E-state index contributed by atoms with van der Waals surface area (Å²) in [6.45, 7) is 1.02. The van der Waals surface area contributed by atoms with Gasteiger partial charge in [0.1, 0.15) is 17.7 Å². The van der Waals surface area contributed by atoms with Gasteiger partial charge in [-0.2, -0.15) is 0 Å². The van der Waals surface area contributed by atoms with Crippen LogP contribution in [0.4, 0.5) is 14.9 Å². The highest BCUT2D eigenvalue weighted by Gasteiger charge is 2.33. The molecule has 5 aromatic rings. The number of hydrogen-bond donors (Lipinski definition) is 4. The number of rotatable bonds is 10. The molecule has 0 bridgehead atoms. The van der Waals surface area contributed by atoms with Crippen molar-refractivity contribution in [3.05, 3.63) is 130 Å². The predicted octanol–water partition coefficient (Wildman–Crippen LogP) is 6.62. The monoisotopic (exact) mass is 699 g/mol. The molecule has 1 aliphatic rings. The zero-order valence-electron chi connectivity index (χ0n) is 25.7. The number of carbonyl (C=O) groups excluding carboxylic acids is 2. The second kappa shape index (κ2) is 14.9. The molecule has 0 radical (unpaired) electrons. The van der Waals surface area contributed by atoms with Gasteiger partial charge in [-0.25, -0.2) is 14.2 Å². The van der Waals surface area contributed by atoms with Crippen molar-refractivity contribution in [1.29, 1.82) is 0 Å². The van der Waals surface area contributed by atoms with Gasteiger partial charge in [0.15, 0.2) is 0 Å². The fourth-order valence-electron chi connectivity index (χ4n) is 5.95. The lowest BCUT2D eigenvalue weighted by atomic mass is 9.84. The summed E-state index contributed by atoms with van der Waals surface area (Å²) < 4.78 is 25.5. The van der Waals surface area contributed by atoms with E-state index in [9.17, 15) is 14.0 Å². The normalized spacial score (nSPS) is 16.9. The van der Waals surface area contributed by atoms with E-state index >= 15 is 0 Å². The molecule has 2 heterocycles. The molecule has 0 saturated carbocycles. The van der Waals surface area contributed by atoms with Gasteiger partial charge < -0.3 is 30.4 Å². The third-order valence-corrected chi connectivity index (χ3v) is 8.97. The number of alkyl carbamates (subject to hydrolysis) is 1. The van der Waals surface area contributed by atoms with Gasteiger partial charge in [-0.15, -0.1) is 0 Å². The molecule has 2 amide bonds. The Morgan fingerprint density at radius 1 is 1.02 bits per heavy atom. The molecule has 47 heavy (non-hydrogen) atoms. The van der Waals surface area contributed by atoms with Crippen LogP contribution in [-0.4, -0.2) is 54.4 Å². The topological polar surface area (TPSA) is 117 Å². The summed E-state index contributed by atoms with van der Waals surface area (Å²) in [5, 5.41) is 9.37. The number of aromatic nitrogens is 2. The Balaban J connectivity index is 1.13. The number of aromatic amines is 1. The number of nitrogens with zero attached hydrogens (tertiary/aromatic N) is 1. The summed E-state index contributed by atoms with van der Waals surface area (Å²) in [5.41, 5.74) is 4.68. The quantitative estimate of drug-likeness (QED) is 0.130. The van der Waals surface area contributed by atoms with Gasteiger partial charge >= 0.3 is 6.09 Å². The Kier molecular flexibility index (Phi) is 10.3. The number of anilines is 1. The van der Waals surface area contributed by atoms with E-state index in [2.05, 4.69) is 41.8 Å². The second-order valence-corrected chi connectivity index (χ2v) is 12.3. The van der Waals surface area contributed by atoms with E-state index in [1.54, 1.807) is 6.07 Å². The number of benzene rings is 4. The van der Waals surface area contributed by atoms with Gasteiger partial charge in [-0.3, -0.25) is 4.79 Å². The highest BCUT2D eigenvalue weighted by molar-refractivity contribution is 9.10. The molecule has 1 aliphatic heterocycles. The molecule has 1 saturated heterocycles. The summed E-state index contributed by atoms with van der Waals surface area (Å²) >= 11 is 3.21. The van der Waals surface area contributed by atoms with E-state index in [1.165, 1.54) is 13.2 Å². The number of aryl methyl sites for hydroxylation is 1. The number of H-pyrrole nitrogens is 1. The third kappa shape index (κ3) is 7.70. The molecule has 0 spiro atoms. The number of hydrogen-bond acceptors (Lipinski definition) is 6. The zero-order valence-corrected chi connectivity index (χ0v) is 27.3. The lowest BCUT2D eigenvalue weighted by Gasteiger charge is -2.30. The number of nitrogens with one attached hydrogen (secondary N) is 4. The zero-order chi connectivity index (χ0) is 32.8. The lowest BCUT2D eigenvalue weighted by Crippen LogP contribution is -2.48. The van der Waals surface area contributed by atoms with Crippen molar-refractivity contribution >= 4 is 44.7 Å². The minimum absolute atomic E-state index is 0.0553. The highest BCUT2D eigenvalue weighted by Crippen LogP contribution is 2.30. The van der Waals surface area contributed by atoms with Crippen LogP contribution in [0.5, 0.6) is 0 Å². The number of para-hydroxylation sites is 1. The van der Waals surface area contributed by atoms with Gasteiger partial charge in [0.2, 0.25) is 5.91 Å². The first-order valence-corrected chi connectivity index (χ1v) is 16.2. The molecule has 4 aromatic carbocycles. The first-order valence-electron chi connectivity index (χ1n) is 15.4. The molecule has 3 atom stereocenters. The maximum atomic E-state index is 14.0. The van der Waals surface area contributed by atoms with E-state index in [1.807, 2.05) is 84.9 Å². The third-order valence-electron chi connectivity index (χ3n) is 8.37. The fraction of sp³-hybridized carbons (Fsp3) is 0.250. The molecule has 6 rings (SSSR count). The van der Waals surface area contributed by atoms with Crippen LogP contribution in [-0.2, 0) is 20.7 Å². The first kappa shape index (κ1) is 32.4. The number of methoxy groups -OCH3 is 1. The Hall–Kier alpha value is -4.58. The summed E-state index contributed by atoms with van der Waals surface area (Å²) in [6.07, 6.45) is 0.616. The number of ether oxygens (including phenoxy) is 2. The lowest BCUT2D eigenvalue weighted by molar-refractivity contribution is -0.118. The van der Waals surface area contributed by atoms with E-state index in [0.29, 0.717) is 53.0 Å². The van der Waals surface area contributed by atoms with Crippen LogP contribution in [0, 0.1) is 5.82 Å². The first-order chi connectivity index (χ1) is 22.9. The Morgan fingerprint density at radius 3 is 2.36 bits per heavy atom. The largest absolute Gasteiger partial charge is 0.453 e. The molecule has 11 heteroatoms. The molecule has 1 fully saturated rings. The minimum Gasteiger partial charge on any atom is -0.453 e. The van der Waals surface area contributed by atoms with Gasteiger partial charge in [0.25, 0.3) is 0 Å². The molecule has 1 aromatic heterocycles. The van der Waals surface area contributed by atoms with Crippen LogP contribution < -0.4 is 16.0 Å². The number of amides is 2. The molecular weight excluding hydrogens is 665 g/mol. The van der Waals surface area contributed by atoms with Crippen molar-refractivity contribution in [2.45, 2.75) is 36.9 Å². The van der Waals surface area contributed by atoms with Crippen molar-refractivity contribution in [2.75, 3.05) is 25.6 Å². The van der Waals surface area contributed by atoms with Gasteiger partial charge in [0.05, 0.1) is 41.4 Å². The Labute approximate surface area is 280 Å². The molecular formula is C36H35BrFN5O4. The predicted molar refractivity (Wildman–Crippen MR) is 182 cm³/mol. The average molecular weight is 701 g/mol. The number of halogens is 2. The summed E-state index contributed by atoms with van der Waals surface area (Å²) in [4.78, 5) is 34.4. The Bertz CT molecular complexity index is 1750. The second-order valence-electron chi connectivity index (χ2n) is 11.4. The maximum Gasteiger partial charge on any atom is 0.407 e. The summed E-state index contributed by atoms with van der Waals surface area (Å²) in [6, 6.07) is 28.9. The van der Waals surface area contributed by atoms with Crippen LogP contribution in [0.1, 0.15) is 40.9 Å². The van der Waals surface area contributed by atoms with Crippen molar-refractivity contribution in [3.8, 4) is 0 Å². The minimum atomic E-state index is -0.959. The van der Waals surface area contributed by atoms with E-state index in [0.717, 1.165) is 16.7 Å². The van der Waals surface area contributed by atoms with Crippen LogP contribution in [0.15, 0.2) is 102 Å². The SMILES string of the molecule is COC(=O)NC(C(=O)Nc1ccccc1CC[C@@H]1CN[C@H](c2nc3cc(Br)c(F)cc3[nH]2)CO1)C(c1ccccc1)c1ccccc1. The number of morpholine rings is 1. The number of carbonyl (C=O) groups is 2. The summed E-state index contributed by atoms with van der Waals surface area (Å²) in [5.74, 6) is -0.481. The average Bonchev–Trinajstić information content (AvgIpc) is 3.51. The number of fused-ring (bicyclic) bond motifs is 1. The molecule has 9 nitrogen and oxygen atoms in total. The van der Waals surface area contributed by atoms with Crippen LogP contribution >= 0.6 is 15.9 Å². The smallest absolute Gasteiger partial charge is 0.407 e.